The number of hydrogen-bond donors (Lipinski definition) is 2. The molecule has 0 aromatic rings. The molecule has 2 unspecified atom stereocenters. The number of allylic oxidation sites excluding steroid dienone is 6. The van der Waals surface area contributed by atoms with Crippen LogP contribution in [0.3, 0.4) is 0 Å². The van der Waals surface area contributed by atoms with Crippen molar-refractivity contribution >= 4 is 13.8 Å². The standard InChI is InChI=1S/C40H76NO7P/c1-3-5-7-9-11-13-15-17-18-19-20-21-22-24-26-28-30-32-35-45-37-39(38-47-49(43,44)46-36-34-41)48-40(42)33-31-29-27-25-23-16-14-12-10-8-6-4-2/h5,7,11,13,17-18,39H,3-4,6,8-10,12,14-16,19-38,41H2,1-2H3,(H,43,44)/b7-5-,13-11-,18-17-. The van der Waals surface area contributed by atoms with Crippen LogP contribution in [-0.4, -0.2) is 49.9 Å². The highest BCUT2D eigenvalue weighted by atomic mass is 31.2. The van der Waals surface area contributed by atoms with E-state index < -0.39 is 13.9 Å². The lowest BCUT2D eigenvalue weighted by Crippen LogP contribution is -2.28. The van der Waals surface area contributed by atoms with Gasteiger partial charge in [-0.2, -0.15) is 0 Å². The fourth-order valence-electron chi connectivity index (χ4n) is 5.42. The summed E-state index contributed by atoms with van der Waals surface area (Å²) in [6.45, 7) is 4.80. The molecule has 0 bridgehead atoms. The van der Waals surface area contributed by atoms with Crippen LogP contribution < -0.4 is 5.73 Å². The average Bonchev–Trinajstić information content (AvgIpc) is 3.09. The molecule has 0 heterocycles. The lowest BCUT2D eigenvalue weighted by atomic mass is 10.0. The molecule has 288 valence electrons. The lowest BCUT2D eigenvalue weighted by Gasteiger charge is -2.20. The summed E-state index contributed by atoms with van der Waals surface area (Å²) in [4.78, 5) is 22.4. The van der Waals surface area contributed by atoms with Crippen LogP contribution >= 0.6 is 7.82 Å². The Hall–Kier alpha value is -1.28. The van der Waals surface area contributed by atoms with Crippen LogP contribution in [0.4, 0.5) is 0 Å². The highest BCUT2D eigenvalue weighted by Gasteiger charge is 2.25. The van der Waals surface area contributed by atoms with E-state index in [9.17, 15) is 14.3 Å². The SMILES string of the molecule is CC/C=C\C/C=C\C/C=C\CCCCCCCCCCOCC(COP(=O)(O)OCCN)OC(=O)CCCCCCCCCCCCCC. The van der Waals surface area contributed by atoms with Gasteiger partial charge in [-0.05, 0) is 44.9 Å². The summed E-state index contributed by atoms with van der Waals surface area (Å²) in [6, 6.07) is 0. The maximum absolute atomic E-state index is 12.5. The zero-order valence-corrected chi connectivity index (χ0v) is 32.6. The van der Waals surface area contributed by atoms with Crippen LogP contribution in [0.2, 0.25) is 0 Å². The van der Waals surface area contributed by atoms with Gasteiger partial charge in [0.25, 0.3) is 0 Å². The van der Waals surface area contributed by atoms with Gasteiger partial charge in [-0.15, -0.1) is 0 Å². The molecule has 0 aliphatic heterocycles. The Kier molecular flexibility index (Phi) is 37.0. The molecule has 0 aliphatic rings. The molecular formula is C40H76NO7P. The average molecular weight is 714 g/mol. The lowest BCUT2D eigenvalue weighted by molar-refractivity contribution is -0.154. The van der Waals surface area contributed by atoms with E-state index in [1.165, 1.54) is 96.3 Å². The minimum atomic E-state index is -4.27. The van der Waals surface area contributed by atoms with Gasteiger partial charge in [0, 0.05) is 19.6 Å². The topological polar surface area (TPSA) is 117 Å². The van der Waals surface area contributed by atoms with Crippen LogP contribution in [-0.2, 0) is 27.9 Å². The summed E-state index contributed by atoms with van der Waals surface area (Å²) < 4.78 is 33.3. The number of esters is 1. The molecule has 0 aliphatic carbocycles. The molecule has 49 heavy (non-hydrogen) atoms. The molecule has 0 rings (SSSR count). The fraction of sp³-hybridized carbons (Fsp3) is 0.825. The zero-order valence-electron chi connectivity index (χ0n) is 31.7. The van der Waals surface area contributed by atoms with Gasteiger partial charge in [0.1, 0.15) is 6.10 Å². The molecule has 0 radical (unpaired) electrons. The van der Waals surface area contributed by atoms with Crippen molar-refractivity contribution in [3.8, 4) is 0 Å². The zero-order chi connectivity index (χ0) is 35.9. The second-order valence-corrected chi connectivity index (χ2v) is 14.6. The van der Waals surface area contributed by atoms with Gasteiger partial charge in [-0.3, -0.25) is 13.8 Å². The summed E-state index contributed by atoms with van der Waals surface area (Å²) in [6.07, 6.45) is 41.5. The van der Waals surface area contributed by atoms with E-state index in [2.05, 4.69) is 50.3 Å². The summed E-state index contributed by atoms with van der Waals surface area (Å²) in [5, 5.41) is 0. The summed E-state index contributed by atoms with van der Waals surface area (Å²) in [5.41, 5.74) is 5.36. The fourth-order valence-corrected chi connectivity index (χ4v) is 6.19. The molecule has 0 saturated carbocycles. The summed E-state index contributed by atoms with van der Waals surface area (Å²) in [7, 11) is -4.27. The molecule has 0 saturated heterocycles. The largest absolute Gasteiger partial charge is 0.472 e. The number of carbonyl (C=O) groups is 1. The first kappa shape index (κ1) is 47.7. The molecular weight excluding hydrogens is 637 g/mol. The first-order valence-electron chi connectivity index (χ1n) is 20.0. The van der Waals surface area contributed by atoms with E-state index in [4.69, 9.17) is 24.3 Å². The highest BCUT2D eigenvalue weighted by molar-refractivity contribution is 7.47. The molecule has 0 aromatic heterocycles. The van der Waals surface area contributed by atoms with Crippen LogP contribution in [0.1, 0.15) is 174 Å². The Labute approximate surface area is 301 Å². The number of phosphoric acid groups is 1. The number of ether oxygens (including phenoxy) is 2. The second kappa shape index (κ2) is 38.0. The third-order valence-corrected chi connectivity index (χ3v) is 9.31. The number of unbranched alkanes of at least 4 members (excludes halogenated alkanes) is 19. The minimum absolute atomic E-state index is 0.0964. The molecule has 2 atom stereocenters. The number of nitrogens with two attached hydrogens (primary N) is 1. The molecule has 9 heteroatoms. The van der Waals surface area contributed by atoms with Crippen LogP contribution in [0, 0.1) is 0 Å². The van der Waals surface area contributed by atoms with Gasteiger partial charge in [0.05, 0.1) is 19.8 Å². The molecule has 8 nitrogen and oxygen atoms in total. The molecule has 0 amide bonds. The monoisotopic (exact) mass is 714 g/mol. The van der Waals surface area contributed by atoms with Crippen molar-refractivity contribution < 1.29 is 32.8 Å². The number of phosphoric ester groups is 1. The van der Waals surface area contributed by atoms with Crippen LogP contribution in [0.25, 0.3) is 0 Å². The Bertz CT molecular complexity index is 848. The van der Waals surface area contributed by atoms with E-state index in [1.54, 1.807) is 0 Å². The predicted molar refractivity (Wildman–Crippen MR) is 206 cm³/mol. The Morgan fingerprint density at radius 2 is 1.14 bits per heavy atom. The van der Waals surface area contributed by atoms with E-state index in [1.807, 2.05) is 0 Å². The van der Waals surface area contributed by atoms with Crippen molar-refractivity contribution in [1.29, 1.82) is 0 Å². The van der Waals surface area contributed by atoms with E-state index in [0.29, 0.717) is 13.0 Å². The maximum Gasteiger partial charge on any atom is 0.472 e. The predicted octanol–water partition coefficient (Wildman–Crippen LogP) is 11.5. The van der Waals surface area contributed by atoms with Gasteiger partial charge >= 0.3 is 13.8 Å². The summed E-state index contributed by atoms with van der Waals surface area (Å²) in [5.74, 6) is -0.334. The molecule has 0 spiro atoms. The first-order chi connectivity index (χ1) is 23.9. The van der Waals surface area contributed by atoms with E-state index >= 15 is 0 Å². The second-order valence-electron chi connectivity index (χ2n) is 13.1. The first-order valence-corrected chi connectivity index (χ1v) is 21.5. The summed E-state index contributed by atoms with van der Waals surface area (Å²) >= 11 is 0. The Morgan fingerprint density at radius 1 is 0.633 bits per heavy atom. The van der Waals surface area contributed by atoms with Crippen molar-refractivity contribution in [2.75, 3.05) is 33.0 Å². The van der Waals surface area contributed by atoms with Gasteiger partial charge in [0.15, 0.2) is 0 Å². The van der Waals surface area contributed by atoms with Gasteiger partial charge in [0.2, 0.25) is 0 Å². The Morgan fingerprint density at radius 3 is 1.71 bits per heavy atom. The van der Waals surface area contributed by atoms with Crippen molar-refractivity contribution in [2.24, 2.45) is 5.73 Å². The van der Waals surface area contributed by atoms with Gasteiger partial charge in [-0.1, -0.05) is 159 Å². The molecule has 0 fully saturated rings. The molecule has 0 aromatic carbocycles. The normalized spacial score (nSPS) is 14.0. The number of rotatable bonds is 38. The molecule has 3 N–H and O–H groups in total. The third-order valence-electron chi connectivity index (χ3n) is 8.32. The van der Waals surface area contributed by atoms with Crippen molar-refractivity contribution in [1.82, 2.24) is 0 Å². The smallest absolute Gasteiger partial charge is 0.457 e. The minimum Gasteiger partial charge on any atom is -0.457 e. The van der Waals surface area contributed by atoms with Crippen LogP contribution in [0.15, 0.2) is 36.5 Å². The van der Waals surface area contributed by atoms with Crippen molar-refractivity contribution in [3.63, 3.8) is 0 Å². The Balaban J connectivity index is 4.04. The number of carbonyl (C=O) groups excluding carboxylic acids is 1. The van der Waals surface area contributed by atoms with Crippen molar-refractivity contribution in [3.05, 3.63) is 36.5 Å². The van der Waals surface area contributed by atoms with Gasteiger partial charge < -0.3 is 20.1 Å². The van der Waals surface area contributed by atoms with E-state index in [-0.39, 0.29) is 32.3 Å². The van der Waals surface area contributed by atoms with Gasteiger partial charge in [-0.25, -0.2) is 4.57 Å². The number of hydrogen-bond acceptors (Lipinski definition) is 7. The highest BCUT2D eigenvalue weighted by Crippen LogP contribution is 2.43. The van der Waals surface area contributed by atoms with Crippen molar-refractivity contribution in [2.45, 2.75) is 180 Å². The van der Waals surface area contributed by atoms with E-state index in [0.717, 1.165) is 57.8 Å². The third kappa shape index (κ3) is 37.8. The van der Waals surface area contributed by atoms with Crippen LogP contribution in [0.5, 0.6) is 0 Å². The quantitative estimate of drug-likeness (QED) is 0.0281. The maximum atomic E-state index is 12.5.